The molecule has 90 valence electrons. The summed E-state index contributed by atoms with van der Waals surface area (Å²) < 4.78 is 0. The highest BCUT2D eigenvalue weighted by molar-refractivity contribution is 6.09. The lowest BCUT2D eigenvalue weighted by Gasteiger charge is -2.02. The molecule has 0 heterocycles. The van der Waals surface area contributed by atoms with E-state index in [4.69, 9.17) is 10.8 Å². The summed E-state index contributed by atoms with van der Waals surface area (Å²) >= 11 is 0. The van der Waals surface area contributed by atoms with Crippen LogP contribution in [0.15, 0.2) is 48.5 Å². The average Bonchev–Trinajstić information content (AvgIpc) is 2.38. The lowest BCUT2D eigenvalue weighted by Crippen LogP contribution is -2.03. The highest BCUT2D eigenvalue weighted by Gasteiger charge is 2.10. The van der Waals surface area contributed by atoms with Crippen molar-refractivity contribution in [3.63, 3.8) is 0 Å². The van der Waals surface area contributed by atoms with Crippen LogP contribution in [0.2, 0.25) is 0 Å². The summed E-state index contributed by atoms with van der Waals surface area (Å²) in [5.74, 6) is -1.20. The van der Waals surface area contributed by atoms with E-state index in [-0.39, 0.29) is 11.3 Å². The molecule has 3 N–H and O–H groups in total. The predicted octanol–water partition coefficient (Wildman–Crippen LogP) is 2.20. The zero-order valence-corrected chi connectivity index (χ0v) is 9.46. The molecule has 0 aliphatic rings. The third kappa shape index (κ3) is 2.38. The van der Waals surface area contributed by atoms with Crippen molar-refractivity contribution in [2.24, 2.45) is 0 Å². The maximum Gasteiger partial charge on any atom is 0.335 e. The van der Waals surface area contributed by atoms with Crippen LogP contribution in [-0.4, -0.2) is 16.9 Å². The SMILES string of the molecule is Nc1cccc(C(=O)c2ccc(C(=O)O)cc2)c1. The molecule has 0 bridgehead atoms. The maximum absolute atomic E-state index is 12.1. The Morgan fingerprint density at radius 2 is 1.50 bits per heavy atom. The molecule has 4 nitrogen and oxygen atoms in total. The standard InChI is InChI=1S/C14H11NO3/c15-12-3-1-2-11(8-12)13(16)9-4-6-10(7-5-9)14(17)18/h1-8H,15H2,(H,17,18). The van der Waals surface area contributed by atoms with Gasteiger partial charge in [-0.1, -0.05) is 24.3 Å². The fourth-order valence-corrected chi connectivity index (χ4v) is 1.61. The van der Waals surface area contributed by atoms with Crippen molar-refractivity contribution in [3.8, 4) is 0 Å². The molecule has 0 saturated carbocycles. The molecule has 0 saturated heterocycles. The molecule has 18 heavy (non-hydrogen) atoms. The summed E-state index contributed by atoms with van der Waals surface area (Å²) in [6.07, 6.45) is 0. The Morgan fingerprint density at radius 1 is 0.889 bits per heavy atom. The van der Waals surface area contributed by atoms with Crippen LogP contribution in [0.5, 0.6) is 0 Å². The summed E-state index contributed by atoms with van der Waals surface area (Å²) in [6, 6.07) is 12.5. The lowest BCUT2D eigenvalue weighted by atomic mass is 10.0. The van der Waals surface area contributed by atoms with Gasteiger partial charge in [0, 0.05) is 16.8 Å². The molecule has 0 atom stereocenters. The minimum atomic E-state index is -1.02. The van der Waals surface area contributed by atoms with Crippen molar-refractivity contribution in [2.45, 2.75) is 0 Å². The van der Waals surface area contributed by atoms with E-state index in [0.717, 1.165) is 0 Å². The van der Waals surface area contributed by atoms with E-state index < -0.39 is 5.97 Å². The number of carboxylic acid groups (broad SMARTS) is 1. The first-order valence-corrected chi connectivity index (χ1v) is 5.31. The second kappa shape index (κ2) is 4.71. The van der Waals surface area contributed by atoms with Gasteiger partial charge in [-0.05, 0) is 24.3 Å². The number of nitrogens with two attached hydrogens (primary N) is 1. The second-order valence-electron chi connectivity index (χ2n) is 3.84. The van der Waals surface area contributed by atoms with Gasteiger partial charge < -0.3 is 10.8 Å². The van der Waals surface area contributed by atoms with E-state index in [2.05, 4.69) is 0 Å². The average molecular weight is 241 g/mol. The van der Waals surface area contributed by atoms with Crippen LogP contribution in [0.3, 0.4) is 0 Å². The molecule has 0 spiro atoms. The van der Waals surface area contributed by atoms with Crippen molar-refractivity contribution in [2.75, 3.05) is 5.73 Å². The first-order valence-electron chi connectivity index (χ1n) is 5.31. The van der Waals surface area contributed by atoms with Crippen LogP contribution >= 0.6 is 0 Å². The summed E-state index contributed by atoms with van der Waals surface area (Å²) in [6.45, 7) is 0. The Labute approximate surface area is 104 Å². The van der Waals surface area contributed by atoms with E-state index in [1.54, 1.807) is 24.3 Å². The molecule has 0 fully saturated rings. The predicted molar refractivity (Wildman–Crippen MR) is 67.7 cm³/mol. The number of rotatable bonds is 3. The van der Waals surface area contributed by atoms with E-state index in [1.807, 2.05) is 0 Å². The molecule has 2 aromatic rings. The van der Waals surface area contributed by atoms with Gasteiger partial charge >= 0.3 is 5.97 Å². The van der Waals surface area contributed by atoms with Crippen molar-refractivity contribution < 1.29 is 14.7 Å². The Morgan fingerprint density at radius 3 is 2.06 bits per heavy atom. The summed E-state index contributed by atoms with van der Waals surface area (Å²) in [5, 5.41) is 8.77. The smallest absolute Gasteiger partial charge is 0.335 e. The van der Waals surface area contributed by atoms with Gasteiger partial charge in [0.15, 0.2) is 5.78 Å². The van der Waals surface area contributed by atoms with Crippen molar-refractivity contribution >= 4 is 17.4 Å². The Bertz CT molecular complexity index is 603. The zero-order chi connectivity index (χ0) is 13.1. The topological polar surface area (TPSA) is 80.4 Å². The van der Waals surface area contributed by atoms with E-state index in [0.29, 0.717) is 16.8 Å². The molecule has 0 unspecified atom stereocenters. The third-order valence-corrected chi connectivity index (χ3v) is 2.54. The minimum absolute atomic E-state index is 0.152. The number of hydrogen-bond donors (Lipinski definition) is 2. The number of benzene rings is 2. The number of carbonyl (C=O) groups excluding carboxylic acids is 1. The van der Waals surface area contributed by atoms with Gasteiger partial charge in [-0.25, -0.2) is 4.79 Å². The summed E-state index contributed by atoms with van der Waals surface area (Å²) in [4.78, 5) is 22.8. The van der Waals surface area contributed by atoms with Crippen molar-refractivity contribution in [1.29, 1.82) is 0 Å². The number of carbonyl (C=O) groups is 2. The maximum atomic E-state index is 12.1. The van der Waals surface area contributed by atoms with Crippen LogP contribution in [-0.2, 0) is 0 Å². The quantitative estimate of drug-likeness (QED) is 0.637. The first-order chi connectivity index (χ1) is 8.58. The van der Waals surface area contributed by atoms with E-state index >= 15 is 0 Å². The fourth-order valence-electron chi connectivity index (χ4n) is 1.61. The van der Waals surface area contributed by atoms with E-state index in [1.165, 1.54) is 24.3 Å². The van der Waals surface area contributed by atoms with Crippen LogP contribution < -0.4 is 5.73 Å². The van der Waals surface area contributed by atoms with Gasteiger partial charge in [0.05, 0.1) is 5.56 Å². The van der Waals surface area contributed by atoms with Crippen LogP contribution in [0.4, 0.5) is 5.69 Å². The van der Waals surface area contributed by atoms with Crippen LogP contribution in [0.25, 0.3) is 0 Å². The van der Waals surface area contributed by atoms with Gasteiger partial charge in [0.2, 0.25) is 0 Å². The van der Waals surface area contributed by atoms with Gasteiger partial charge in [0.1, 0.15) is 0 Å². The normalized spacial score (nSPS) is 10.0. The number of carboxylic acids is 1. The van der Waals surface area contributed by atoms with E-state index in [9.17, 15) is 9.59 Å². The number of aromatic carboxylic acids is 1. The Hall–Kier alpha value is -2.62. The van der Waals surface area contributed by atoms with Crippen LogP contribution in [0, 0.1) is 0 Å². The first kappa shape index (κ1) is 11.9. The molecular weight excluding hydrogens is 230 g/mol. The fraction of sp³-hybridized carbons (Fsp3) is 0. The Kier molecular flexibility index (Phi) is 3.10. The van der Waals surface area contributed by atoms with Crippen molar-refractivity contribution in [1.82, 2.24) is 0 Å². The summed E-state index contributed by atoms with van der Waals surface area (Å²) in [5.41, 5.74) is 7.20. The molecule has 2 rings (SSSR count). The third-order valence-electron chi connectivity index (χ3n) is 2.54. The molecule has 0 radical (unpaired) electrons. The highest BCUT2D eigenvalue weighted by atomic mass is 16.4. The molecule has 0 amide bonds. The largest absolute Gasteiger partial charge is 0.478 e. The number of anilines is 1. The molecule has 0 aliphatic carbocycles. The van der Waals surface area contributed by atoms with Crippen molar-refractivity contribution in [3.05, 3.63) is 65.2 Å². The zero-order valence-electron chi connectivity index (χ0n) is 9.46. The monoisotopic (exact) mass is 241 g/mol. The number of nitrogen functional groups attached to an aromatic ring is 1. The summed E-state index contributed by atoms with van der Waals surface area (Å²) in [7, 11) is 0. The molecular formula is C14H11NO3. The lowest BCUT2D eigenvalue weighted by molar-refractivity contribution is 0.0696. The van der Waals surface area contributed by atoms with Gasteiger partial charge in [-0.3, -0.25) is 4.79 Å². The second-order valence-corrected chi connectivity index (χ2v) is 3.84. The number of hydrogen-bond acceptors (Lipinski definition) is 3. The Balaban J connectivity index is 2.32. The van der Waals surface area contributed by atoms with Gasteiger partial charge in [0.25, 0.3) is 0 Å². The molecule has 2 aromatic carbocycles. The van der Waals surface area contributed by atoms with Crippen LogP contribution in [0.1, 0.15) is 26.3 Å². The number of ketones is 1. The molecule has 0 aliphatic heterocycles. The van der Waals surface area contributed by atoms with Gasteiger partial charge in [-0.15, -0.1) is 0 Å². The minimum Gasteiger partial charge on any atom is -0.478 e. The molecule has 0 aromatic heterocycles. The molecule has 4 heteroatoms. The highest BCUT2D eigenvalue weighted by Crippen LogP contribution is 2.13. The van der Waals surface area contributed by atoms with Gasteiger partial charge in [-0.2, -0.15) is 0 Å².